The van der Waals surface area contributed by atoms with Crippen molar-refractivity contribution in [1.82, 2.24) is 4.57 Å². The van der Waals surface area contributed by atoms with Crippen LogP contribution in [-0.2, 0) is 13.0 Å². The molecular weight excluding hydrogens is 370 g/mol. The Balaban J connectivity index is 1.83. The van der Waals surface area contributed by atoms with Gasteiger partial charge in [0.05, 0.1) is 5.56 Å². The number of nitrogens with zero attached hydrogens (tertiary/aromatic N) is 1. The van der Waals surface area contributed by atoms with Gasteiger partial charge >= 0.3 is 0 Å². The summed E-state index contributed by atoms with van der Waals surface area (Å²) in [4.78, 5) is 24.7. The summed E-state index contributed by atoms with van der Waals surface area (Å²) in [5, 5.41) is 0. The lowest BCUT2D eigenvalue weighted by Gasteiger charge is -2.17. The highest BCUT2D eigenvalue weighted by Crippen LogP contribution is 2.32. The van der Waals surface area contributed by atoms with E-state index in [0.29, 0.717) is 0 Å². The molecule has 0 bridgehead atoms. The fraction of sp³-hybridized carbons (Fsp3) is 0.222. The normalized spacial score (nSPS) is 16.2. The lowest BCUT2D eigenvalue weighted by molar-refractivity contribution is 0.104. The molecule has 1 aromatic heterocycles. The second-order valence-electron chi connectivity index (χ2n) is 7.73. The largest absolute Gasteiger partial charge is 0.347 e. The molecule has 2 heterocycles. The van der Waals surface area contributed by atoms with E-state index in [0.717, 1.165) is 61.1 Å². The van der Waals surface area contributed by atoms with Crippen LogP contribution in [0, 0.1) is 0 Å². The van der Waals surface area contributed by atoms with Crippen molar-refractivity contribution in [1.29, 1.82) is 0 Å². The Morgan fingerprint density at radius 1 is 1.17 bits per heavy atom. The van der Waals surface area contributed by atoms with Crippen LogP contribution in [0.1, 0.15) is 58.4 Å². The molecule has 0 radical (unpaired) electrons. The lowest BCUT2D eigenvalue weighted by atomic mass is 9.89. The van der Waals surface area contributed by atoms with Gasteiger partial charge < -0.3 is 4.57 Å². The molecule has 0 amide bonds. The van der Waals surface area contributed by atoms with E-state index >= 15 is 0 Å². The Labute approximate surface area is 177 Å². The van der Waals surface area contributed by atoms with E-state index in [1.54, 1.807) is 12.3 Å². The molecule has 1 aliphatic carbocycles. The van der Waals surface area contributed by atoms with Gasteiger partial charge in [0, 0.05) is 30.1 Å². The van der Waals surface area contributed by atoms with Crippen LogP contribution in [0.3, 0.4) is 0 Å². The number of fused-ring (bicyclic) bond motifs is 2. The first-order valence-corrected chi connectivity index (χ1v) is 10.4. The highest BCUT2D eigenvalue weighted by Gasteiger charge is 2.18. The molecule has 150 valence electrons. The fourth-order valence-electron chi connectivity index (χ4n) is 4.30. The summed E-state index contributed by atoms with van der Waals surface area (Å²) in [6, 6.07) is 7.96. The molecule has 0 fully saturated rings. The Morgan fingerprint density at radius 2 is 2.03 bits per heavy atom. The molecule has 0 saturated carbocycles. The van der Waals surface area contributed by atoms with Crippen LogP contribution in [0.15, 0.2) is 72.4 Å². The number of allylic oxidation sites excluding steroid dienone is 5. The SMILES string of the molecule is C=C=C(/C=C1\CCCCn2cc(C(=O)C=C)c(=O)cc21)c1cccc2c1C=CCC2. The average Bonchev–Trinajstić information content (AvgIpc) is 2.97. The van der Waals surface area contributed by atoms with Crippen LogP contribution < -0.4 is 5.43 Å². The standard InChI is InChI=1S/C27H25NO2/c1-3-19(22-14-9-12-20-10-5-6-13-23(20)22)16-21-11-7-8-15-28-18-24(26(29)4-2)27(30)17-25(21)28/h4,6,9,12-14,16-18H,1-2,5,7-8,10-11,15H2/b21-16+. The Kier molecular flexibility index (Phi) is 5.65. The summed E-state index contributed by atoms with van der Waals surface area (Å²) in [5.41, 5.74) is 9.59. The average molecular weight is 396 g/mol. The number of aromatic nitrogens is 1. The molecule has 3 nitrogen and oxygen atoms in total. The van der Waals surface area contributed by atoms with Crippen LogP contribution in [-0.4, -0.2) is 10.4 Å². The van der Waals surface area contributed by atoms with Gasteiger partial charge in [-0.05, 0) is 66.5 Å². The van der Waals surface area contributed by atoms with Gasteiger partial charge in [-0.3, -0.25) is 9.59 Å². The topological polar surface area (TPSA) is 39.1 Å². The predicted molar refractivity (Wildman–Crippen MR) is 123 cm³/mol. The van der Waals surface area contributed by atoms with Gasteiger partial charge in [-0.15, -0.1) is 5.73 Å². The Morgan fingerprint density at radius 3 is 2.83 bits per heavy atom. The zero-order valence-corrected chi connectivity index (χ0v) is 17.1. The number of carbonyl (C=O) groups is 1. The predicted octanol–water partition coefficient (Wildman–Crippen LogP) is 5.61. The highest BCUT2D eigenvalue weighted by atomic mass is 16.1. The monoisotopic (exact) mass is 395 g/mol. The number of hydrogen-bond donors (Lipinski definition) is 0. The number of carbonyl (C=O) groups excluding carboxylic acids is 1. The molecule has 2 aliphatic rings. The van der Waals surface area contributed by atoms with Crippen molar-refractivity contribution in [3.8, 4) is 0 Å². The molecule has 0 saturated heterocycles. The number of pyridine rings is 1. The Hall–Kier alpha value is -3.42. The summed E-state index contributed by atoms with van der Waals surface area (Å²) >= 11 is 0. The van der Waals surface area contributed by atoms with Crippen molar-refractivity contribution >= 4 is 23.0 Å². The molecule has 0 spiro atoms. The minimum Gasteiger partial charge on any atom is -0.347 e. The summed E-state index contributed by atoms with van der Waals surface area (Å²) in [6.45, 7) is 8.23. The van der Waals surface area contributed by atoms with E-state index in [2.05, 4.69) is 55.3 Å². The van der Waals surface area contributed by atoms with Crippen molar-refractivity contribution in [2.75, 3.05) is 0 Å². The molecule has 0 unspecified atom stereocenters. The van der Waals surface area contributed by atoms with E-state index in [1.165, 1.54) is 17.2 Å². The second-order valence-corrected chi connectivity index (χ2v) is 7.73. The molecule has 30 heavy (non-hydrogen) atoms. The molecule has 2 aromatic rings. The number of aryl methyl sites for hydroxylation is 2. The minimum absolute atomic E-state index is 0.178. The van der Waals surface area contributed by atoms with Gasteiger partial charge in [0.1, 0.15) is 0 Å². The van der Waals surface area contributed by atoms with Gasteiger partial charge in [-0.25, -0.2) is 0 Å². The third-order valence-corrected chi connectivity index (χ3v) is 5.86. The van der Waals surface area contributed by atoms with Crippen molar-refractivity contribution in [2.45, 2.75) is 38.6 Å². The van der Waals surface area contributed by atoms with Gasteiger partial charge in [0.2, 0.25) is 0 Å². The van der Waals surface area contributed by atoms with Crippen LogP contribution in [0.2, 0.25) is 0 Å². The van der Waals surface area contributed by atoms with E-state index in [-0.39, 0.29) is 16.8 Å². The van der Waals surface area contributed by atoms with Crippen LogP contribution >= 0.6 is 0 Å². The Bertz CT molecular complexity index is 1200. The van der Waals surface area contributed by atoms with Gasteiger partial charge in [-0.2, -0.15) is 0 Å². The smallest absolute Gasteiger partial charge is 0.193 e. The van der Waals surface area contributed by atoms with Crippen molar-refractivity contribution in [2.24, 2.45) is 0 Å². The lowest BCUT2D eigenvalue weighted by Crippen LogP contribution is -2.18. The van der Waals surface area contributed by atoms with E-state index in [4.69, 9.17) is 0 Å². The highest BCUT2D eigenvalue weighted by molar-refractivity contribution is 6.04. The number of benzene rings is 1. The van der Waals surface area contributed by atoms with Crippen molar-refractivity contribution in [3.05, 3.63) is 106 Å². The second kappa shape index (κ2) is 8.52. The number of ketones is 1. The third-order valence-electron chi connectivity index (χ3n) is 5.86. The number of hydrogen-bond acceptors (Lipinski definition) is 2. The summed E-state index contributed by atoms with van der Waals surface area (Å²) < 4.78 is 2.03. The maximum Gasteiger partial charge on any atom is 0.193 e. The maximum absolute atomic E-state index is 12.6. The van der Waals surface area contributed by atoms with E-state index < -0.39 is 0 Å². The molecular formula is C27H25NO2. The minimum atomic E-state index is -0.334. The molecule has 1 aromatic carbocycles. The molecule has 0 N–H and O–H groups in total. The van der Waals surface area contributed by atoms with Crippen LogP contribution in [0.4, 0.5) is 0 Å². The van der Waals surface area contributed by atoms with Crippen molar-refractivity contribution in [3.63, 3.8) is 0 Å². The fourth-order valence-corrected chi connectivity index (χ4v) is 4.30. The van der Waals surface area contributed by atoms with Crippen molar-refractivity contribution < 1.29 is 4.79 Å². The first kappa shape index (κ1) is 19.9. The molecule has 0 atom stereocenters. The first-order chi connectivity index (χ1) is 14.6. The zero-order chi connectivity index (χ0) is 21.1. The molecule has 4 rings (SSSR count). The van der Waals surface area contributed by atoms with Crippen LogP contribution in [0.5, 0.6) is 0 Å². The zero-order valence-electron chi connectivity index (χ0n) is 17.1. The summed E-state index contributed by atoms with van der Waals surface area (Å²) in [5.74, 6) is -0.334. The van der Waals surface area contributed by atoms with E-state index in [1.807, 2.05) is 4.57 Å². The maximum atomic E-state index is 12.6. The third kappa shape index (κ3) is 3.72. The van der Waals surface area contributed by atoms with E-state index in [9.17, 15) is 9.59 Å². The summed E-state index contributed by atoms with van der Waals surface area (Å²) in [7, 11) is 0. The summed E-state index contributed by atoms with van der Waals surface area (Å²) in [6.07, 6.45) is 14.4. The van der Waals surface area contributed by atoms with Crippen LogP contribution in [0.25, 0.3) is 17.2 Å². The van der Waals surface area contributed by atoms with Gasteiger partial charge in [0.25, 0.3) is 0 Å². The molecule has 3 heteroatoms. The van der Waals surface area contributed by atoms with Gasteiger partial charge in [0.15, 0.2) is 11.2 Å². The van der Waals surface area contributed by atoms with Gasteiger partial charge in [-0.1, -0.05) is 43.5 Å². The molecule has 1 aliphatic heterocycles. The number of rotatable bonds is 4. The quantitative estimate of drug-likeness (QED) is 0.383. The first-order valence-electron chi connectivity index (χ1n) is 10.4.